The predicted octanol–water partition coefficient (Wildman–Crippen LogP) is 5.13. The zero-order valence-electron chi connectivity index (χ0n) is 21.6. The summed E-state index contributed by atoms with van der Waals surface area (Å²) in [6.07, 6.45) is 12.7. The first-order valence-corrected chi connectivity index (χ1v) is 14.2. The van der Waals surface area contributed by atoms with Crippen molar-refractivity contribution in [2.24, 2.45) is 17.3 Å². The first-order valence-electron chi connectivity index (χ1n) is 14.2. The molecule has 3 atom stereocenters. The maximum absolute atomic E-state index is 13.5. The highest BCUT2D eigenvalue weighted by molar-refractivity contribution is 5.80. The lowest BCUT2D eigenvalue weighted by atomic mass is 9.65. The Kier molecular flexibility index (Phi) is 7.25. The quantitative estimate of drug-likeness (QED) is 0.614. The molecule has 1 aromatic rings. The second-order valence-electron chi connectivity index (χ2n) is 12.3. The van der Waals surface area contributed by atoms with Gasteiger partial charge in [-0.25, -0.2) is 0 Å². The van der Waals surface area contributed by atoms with Crippen molar-refractivity contribution in [3.05, 3.63) is 35.9 Å². The average molecular weight is 481 g/mol. The Morgan fingerprint density at radius 2 is 1.77 bits per heavy atom. The third kappa shape index (κ3) is 5.03. The fourth-order valence-corrected chi connectivity index (χ4v) is 7.81. The number of aliphatic hydroxyl groups is 1. The fourth-order valence-electron chi connectivity index (χ4n) is 7.81. The van der Waals surface area contributed by atoms with Crippen molar-refractivity contribution in [1.29, 1.82) is 0 Å². The summed E-state index contributed by atoms with van der Waals surface area (Å²) in [5.41, 5.74) is 0.0170. The zero-order valence-corrected chi connectivity index (χ0v) is 21.6. The molecule has 1 N–H and O–H groups in total. The van der Waals surface area contributed by atoms with Crippen LogP contribution in [0.25, 0.3) is 0 Å². The first kappa shape index (κ1) is 24.8. The summed E-state index contributed by atoms with van der Waals surface area (Å²) < 4.78 is 0. The number of amides is 2. The number of rotatable bonds is 6. The smallest absolute Gasteiger partial charge is 0.225 e. The second-order valence-corrected chi connectivity index (χ2v) is 12.3. The fraction of sp³-hybridized carbons (Fsp3) is 0.733. The Morgan fingerprint density at radius 1 is 1.06 bits per heavy atom. The maximum atomic E-state index is 13.5. The van der Waals surface area contributed by atoms with E-state index in [0.29, 0.717) is 44.9 Å². The third-order valence-electron chi connectivity index (χ3n) is 9.92. The van der Waals surface area contributed by atoms with Gasteiger partial charge < -0.3 is 14.9 Å². The molecule has 0 unspecified atom stereocenters. The van der Waals surface area contributed by atoms with Gasteiger partial charge in [0.2, 0.25) is 11.8 Å². The Bertz CT molecular complexity index is 890. The molecule has 2 aliphatic heterocycles. The van der Waals surface area contributed by atoms with Crippen LogP contribution in [0.5, 0.6) is 0 Å². The van der Waals surface area contributed by atoms with E-state index in [-0.39, 0.29) is 29.1 Å². The van der Waals surface area contributed by atoms with E-state index in [1.165, 1.54) is 37.7 Å². The van der Waals surface area contributed by atoms with Crippen LogP contribution in [0.1, 0.15) is 95.5 Å². The summed E-state index contributed by atoms with van der Waals surface area (Å²) in [6, 6.07) is 10.3. The minimum Gasteiger partial charge on any atom is -0.387 e. The van der Waals surface area contributed by atoms with Crippen molar-refractivity contribution in [2.45, 2.75) is 95.5 Å². The van der Waals surface area contributed by atoms with Crippen LogP contribution in [0.4, 0.5) is 0 Å². The third-order valence-corrected chi connectivity index (χ3v) is 9.92. The molecule has 5 rings (SSSR count). The molecule has 1 spiro atoms. The molecule has 4 fully saturated rings. The van der Waals surface area contributed by atoms with E-state index in [2.05, 4.69) is 24.0 Å². The van der Waals surface area contributed by atoms with Gasteiger partial charge in [0.05, 0.1) is 12.1 Å². The molecule has 2 amide bonds. The molecule has 0 radical (unpaired) electrons. The average Bonchev–Trinajstić information content (AvgIpc) is 3.49. The molecule has 35 heavy (non-hydrogen) atoms. The Hall–Kier alpha value is -1.88. The van der Waals surface area contributed by atoms with Crippen molar-refractivity contribution in [3.8, 4) is 0 Å². The van der Waals surface area contributed by atoms with Gasteiger partial charge in [-0.1, -0.05) is 82.2 Å². The van der Waals surface area contributed by atoms with Crippen LogP contribution in [-0.2, 0) is 9.59 Å². The van der Waals surface area contributed by atoms with Crippen LogP contribution in [0.15, 0.2) is 30.3 Å². The molecular formula is C30H44N2O3. The lowest BCUT2D eigenvalue weighted by Gasteiger charge is -2.53. The highest BCUT2D eigenvalue weighted by Crippen LogP contribution is 2.52. The standard InChI is InChI=1S/C30H44N2O3/c1-23(18-24-10-4-2-5-11-24)28(34)31-17-16-30(35,29(21-31)14-8-9-15-29)22-32-20-26(19-27(32)33)25-12-6-3-7-13-25/h3,6-7,12-13,23-24,26,35H,2,4-5,8-11,14-22H2,1H3/t23-,26+,30-/m1/s1. The van der Waals surface area contributed by atoms with Crippen LogP contribution in [0.2, 0.25) is 0 Å². The van der Waals surface area contributed by atoms with Crippen molar-refractivity contribution < 1.29 is 14.7 Å². The highest BCUT2D eigenvalue weighted by atomic mass is 16.3. The molecule has 1 aromatic carbocycles. The molecule has 0 aromatic heterocycles. The Morgan fingerprint density at radius 3 is 2.49 bits per heavy atom. The van der Waals surface area contributed by atoms with E-state index >= 15 is 0 Å². The molecular weight excluding hydrogens is 436 g/mol. The molecule has 4 aliphatic rings. The number of piperidine rings is 1. The normalized spacial score (nSPS) is 30.2. The summed E-state index contributed by atoms with van der Waals surface area (Å²) in [4.78, 5) is 30.5. The number of hydrogen-bond donors (Lipinski definition) is 1. The van der Waals surface area contributed by atoms with Crippen molar-refractivity contribution in [2.75, 3.05) is 26.2 Å². The van der Waals surface area contributed by atoms with E-state index in [4.69, 9.17) is 0 Å². The SMILES string of the molecule is C[C@H](CC1CCCCC1)C(=O)N1CC[C@@](O)(CN2C[C@@H](c3ccccc3)CC2=O)C2(CCCC2)C1. The number of likely N-dealkylation sites (tertiary alicyclic amines) is 2. The van der Waals surface area contributed by atoms with Crippen molar-refractivity contribution >= 4 is 11.8 Å². The molecule has 2 aliphatic carbocycles. The second kappa shape index (κ2) is 10.2. The van der Waals surface area contributed by atoms with E-state index in [1.54, 1.807) is 0 Å². The number of hydrogen-bond acceptors (Lipinski definition) is 3. The van der Waals surface area contributed by atoms with E-state index in [0.717, 1.165) is 32.1 Å². The summed E-state index contributed by atoms with van der Waals surface area (Å²) in [7, 11) is 0. The number of benzene rings is 1. The predicted molar refractivity (Wildman–Crippen MR) is 138 cm³/mol. The van der Waals surface area contributed by atoms with Gasteiger partial charge in [0, 0.05) is 43.3 Å². The first-order chi connectivity index (χ1) is 16.9. The lowest BCUT2D eigenvalue weighted by Crippen LogP contribution is -2.64. The lowest BCUT2D eigenvalue weighted by molar-refractivity contribution is -0.167. The van der Waals surface area contributed by atoms with Crippen LogP contribution >= 0.6 is 0 Å². The Balaban J connectivity index is 1.25. The van der Waals surface area contributed by atoms with Crippen LogP contribution < -0.4 is 0 Å². The van der Waals surface area contributed by atoms with Gasteiger partial charge >= 0.3 is 0 Å². The minimum atomic E-state index is -0.909. The molecule has 192 valence electrons. The molecule has 0 bridgehead atoms. The van der Waals surface area contributed by atoms with Gasteiger partial charge in [-0.2, -0.15) is 0 Å². The summed E-state index contributed by atoms with van der Waals surface area (Å²) in [5, 5.41) is 12.1. The van der Waals surface area contributed by atoms with Gasteiger partial charge in [-0.3, -0.25) is 9.59 Å². The number of nitrogens with zero attached hydrogens (tertiary/aromatic N) is 2. The van der Waals surface area contributed by atoms with Crippen molar-refractivity contribution in [1.82, 2.24) is 9.80 Å². The topological polar surface area (TPSA) is 60.9 Å². The molecule has 2 heterocycles. The van der Waals surface area contributed by atoms with E-state index < -0.39 is 5.60 Å². The van der Waals surface area contributed by atoms with E-state index in [1.807, 2.05) is 23.1 Å². The van der Waals surface area contributed by atoms with Crippen LogP contribution in [-0.4, -0.2) is 58.5 Å². The highest BCUT2D eigenvalue weighted by Gasteiger charge is 2.57. The number of β-amino-alcohol motifs (C(OH)–C–C–N with tert-alkyl or cyclic N) is 1. The summed E-state index contributed by atoms with van der Waals surface area (Å²) >= 11 is 0. The van der Waals surface area contributed by atoms with Gasteiger partial charge in [0.15, 0.2) is 0 Å². The Labute approximate surface area is 211 Å². The van der Waals surface area contributed by atoms with Crippen LogP contribution in [0, 0.1) is 17.3 Å². The number of carbonyl (C=O) groups is 2. The zero-order chi connectivity index (χ0) is 24.5. The monoisotopic (exact) mass is 480 g/mol. The van der Waals surface area contributed by atoms with Gasteiger partial charge in [-0.05, 0) is 37.2 Å². The molecule has 2 saturated carbocycles. The van der Waals surface area contributed by atoms with E-state index in [9.17, 15) is 14.7 Å². The van der Waals surface area contributed by atoms with Gasteiger partial charge in [0.1, 0.15) is 0 Å². The minimum absolute atomic E-state index is 0.0644. The largest absolute Gasteiger partial charge is 0.387 e. The number of carbonyl (C=O) groups excluding carboxylic acids is 2. The van der Waals surface area contributed by atoms with Gasteiger partial charge in [0.25, 0.3) is 0 Å². The molecule has 5 heteroatoms. The molecule has 2 saturated heterocycles. The van der Waals surface area contributed by atoms with Crippen LogP contribution in [0.3, 0.4) is 0 Å². The summed E-state index contributed by atoms with van der Waals surface area (Å²) in [6.45, 7) is 4.47. The summed E-state index contributed by atoms with van der Waals surface area (Å²) in [5.74, 6) is 1.40. The molecule has 5 nitrogen and oxygen atoms in total. The van der Waals surface area contributed by atoms with Crippen molar-refractivity contribution in [3.63, 3.8) is 0 Å². The van der Waals surface area contributed by atoms with Gasteiger partial charge in [-0.15, -0.1) is 0 Å². The maximum Gasteiger partial charge on any atom is 0.225 e.